The number of amides is 1. The van der Waals surface area contributed by atoms with E-state index in [2.05, 4.69) is 9.97 Å². The number of hydrogen-bond acceptors (Lipinski definition) is 4. The third kappa shape index (κ3) is 3.28. The van der Waals surface area contributed by atoms with E-state index in [-0.39, 0.29) is 17.9 Å². The molecule has 0 unspecified atom stereocenters. The van der Waals surface area contributed by atoms with Gasteiger partial charge in [0.1, 0.15) is 0 Å². The zero-order valence-electron chi connectivity index (χ0n) is 9.89. The number of aliphatic hydroxyl groups is 1. The molecular weight excluding hydrogens is 226 g/mol. The number of aromatic amines is 1. The highest BCUT2D eigenvalue weighted by atomic mass is 16.4. The van der Waals surface area contributed by atoms with Gasteiger partial charge in [0, 0.05) is 13.6 Å². The Morgan fingerprint density at radius 2 is 2.12 bits per heavy atom. The Labute approximate surface area is 98.1 Å². The summed E-state index contributed by atoms with van der Waals surface area (Å²) < 4.78 is 0. The smallest absolute Gasteiger partial charge is 0.354 e. The fraction of sp³-hybridized carbons (Fsp3) is 0.500. The highest BCUT2D eigenvalue weighted by molar-refractivity contribution is 6.02. The lowest BCUT2D eigenvalue weighted by Crippen LogP contribution is -2.40. The fourth-order valence-corrected chi connectivity index (χ4v) is 1.45. The summed E-state index contributed by atoms with van der Waals surface area (Å²) in [5.41, 5.74) is -1.47. The van der Waals surface area contributed by atoms with Gasteiger partial charge in [-0.2, -0.15) is 0 Å². The molecule has 0 aliphatic carbocycles. The predicted molar refractivity (Wildman–Crippen MR) is 58.8 cm³/mol. The van der Waals surface area contributed by atoms with E-state index in [1.807, 2.05) is 0 Å². The summed E-state index contributed by atoms with van der Waals surface area (Å²) in [6.45, 7) is 3.19. The number of hydrogen-bond donors (Lipinski definition) is 3. The van der Waals surface area contributed by atoms with Crippen LogP contribution in [0.25, 0.3) is 0 Å². The Balaban J connectivity index is 2.89. The average molecular weight is 241 g/mol. The Morgan fingerprint density at radius 3 is 2.59 bits per heavy atom. The van der Waals surface area contributed by atoms with Gasteiger partial charge < -0.3 is 20.1 Å². The Kier molecular flexibility index (Phi) is 3.52. The number of nitrogens with zero attached hydrogens (tertiary/aromatic N) is 2. The molecule has 0 atom stereocenters. The van der Waals surface area contributed by atoms with Crippen LogP contribution in [0.3, 0.4) is 0 Å². The second-order valence-corrected chi connectivity index (χ2v) is 4.40. The molecule has 0 bridgehead atoms. The predicted octanol–water partition coefficient (Wildman–Crippen LogP) is -0.0492. The van der Waals surface area contributed by atoms with E-state index in [4.69, 9.17) is 5.11 Å². The number of carbonyl (C=O) groups excluding carboxylic acids is 1. The van der Waals surface area contributed by atoms with Crippen molar-refractivity contribution in [2.45, 2.75) is 19.4 Å². The molecule has 1 heterocycles. The van der Waals surface area contributed by atoms with Crippen LogP contribution in [0.1, 0.15) is 34.8 Å². The van der Waals surface area contributed by atoms with Gasteiger partial charge in [0.15, 0.2) is 11.4 Å². The molecule has 1 aromatic rings. The van der Waals surface area contributed by atoms with Gasteiger partial charge in [-0.25, -0.2) is 9.78 Å². The first kappa shape index (κ1) is 13.2. The molecule has 0 aliphatic rings. The standard InChI is InChI=1S/C10H15N3O4/c1-10(2,17)4-13(3)8(14)6-7(9(15)16)12-5-11-6/h5,17H,4H2,1-3H3,(H,11,12)(H,15,16). The normalized spacial score (nSPS) is 11.3. The molecule has 0 aromatic carbocycles. The van der Waals surface area contributed by atoms with Gasteiger partial charge in [-0.05, 0) is 13.8 Å². The minimum atomic E-state index is -1.25. The van der Waals surface area contributed by atoms with Gasteiger partial charge in [0.25, 0.3) is 5.91 Å². The molecule has 1 rings (SSSR count). The maximum atomic E-state index is 11.9. The van der Waals surface area contributed by atoms with E-state index >= 15 is 0 Å². The van der Waals surface area contributed by atoms with Gasteiger partial charge in [-0.3, -0.25) is 4.79 Å². The number of H-pyrrole nitrogens is 1. The van der Waals surface area contributed by atoms with Crippen molar-refractivity contribution < 1.29 is 19.8 Å². The number of carboxylic acid groups (broad SMARTS) is 1. The molecule has 0 saturated heterocycles. The van der Waals surface area contributed by atoms with Gasteiger partial charge in [0.2, 0.25) is 0 Å². The van der Waals surface area contributed by atoms with Crippen molar-refractivity contribution in [3.63, 3.8) is 0 Å². The van der Waals surface area contributed by atoms with Crippen molar-refractivity contribution in [2.24, 2.45) is 0 Å². The topological polar surface area (TPSA) is 107 Å². The molecule has 0 radical (unpaired) electrons. The van der Waals surface area contributed by atoms with Crippen LogP contribution in [0.5, 0.6) is 0 Å². The number of carbonyl (C=O) groups is 2. The molecule has 94 valence electrons. The minimum absolute atomic E-state index is 0.0811. The lowest BCUT2D eigenvalue weighted by Gasteiger charge is -2.25. The molecule has 7 nitrogen and oxygen atoms in total. The first-order chi connectivity index (χ1) is 7.72. The van der Waals surface area contributed by atoms with Gasteiger partial charge in [0.05, 0.1) is 11.9 Å². The van der Waals surface area contributed by atoms with Crippen LogP contribution in [0.2, 0.25) is 0 Å². The van der Waals surface area contributed by atoms with Crippen molar-refractivity contribution in [1.29, 1.82) is 0 Å². The van der Waals surface area contributed by atoms with Crippen molar-refractivity contribution in [1.82, 2.24) is 14.9 Å². The number of imidazole rings is 1. The number of carboxylic acids is 1. The van der Waals surface area contributed by atoms with Crippen molar-refractivity contribution >= 4 is 11.9 Å². The largest absolute Gasteiger partial charge is 0.477 e. The fourth-order valence-electron chi connectivity index (χ4n) is 1.45. The zero-order valence-corrected chi connectivity index (χ0v) is 9.89. The summed E-state index contributed by atoms with van der Waals surface area (Å²) >= 11 is 0. The first-order valence-corrected chi connectivity index (χ1v) is 4.97. The molecule has 0 fully saturated rings. The van der Waals surface area contributed by atoms with Crippen LogP contribution in [0.4, 0.5) is 0 Å². The van der Waals surface area contributed by atoms with E-state index in [1.54, 1.807) is 13.8 Å². The Morgan fingerprint density at radius 1 is 1.53 bits per heavy atom. The monoisotopic (exact) mass is 241 g/mol. The molecule has 7 heteroatoms. The van der Waals surface area contributed by atoms with E-state index < -0.39 is 17.5 Å². The van der Waals surface area contributed by atoms with Crippen LogP contribution in [-0.4, -0.2) is 56.2 Å². The summed E-state index contributed by atoms with van der Waals surface area (Å²) in [6, 6.07) is 0. The van der Waals surface area contributed by atoms with Crippen LogP contribution >= 0.6 is 0 Å². The zero-order chi connectivity index (χ0) is 13.2. The molecule has 17 heavy (non-hydrogen) atoms. The van der Waals surface area contributed by atoms with Crippen LogP contribution in [-0.2, 0) is 0 Å². The molecular formula is C10H15N3O4. The molecule has 1 aromatic heterocycles. The second kappa shape index (κ2) is 4.54. The van der Waals surface area contributed by atoms with Gasteiger partial charge in [-0.1, -0.05) is 0 Å². The maximum absolute atomic E-state index is 11.9. The van der Waals surface area contributed by atoms with E-state index in [9.17, 15) is 14.7 Å². The van der Waals surface area contributed by atoms with Crippen LogP contribution in [0, 0.1) is 0 Å². The van der Waals surface area contributed by atoms with Gasteiger partial charge >= 0.3 is 5.97 Å². The summed E-state index contributed by atoms with van der Waals surface area (Å²) in [6.07, 6.45) is 1.15. The third-order valence-electron chi connectivity index (χ3n) is 2.03. The van der Waals surface area contributed by atoms with Crippen LogP contribution < -0.4 is 0 Å². The maximum Gasteiger partial charge on any atom is 0.354 e. The molecule has 1 amide bonds. The highest BCUT2D eigenvalue weighted by Gasteiger charge is 2.25. The lowest BCUT2D eigenvalue weighted by molar-refractivity contribution is 0.0363. The lowest BCUT2D eigenvalue weighted by atomic mass is 10.1. The summed E-state index contributed by atoms with van der Waals surface area (Å²) in [4.78, 5) is 30.0. The number of aromatic carboxylic acids is 1. The van der Waals surface area contributed by atoms with Gasteiger partial charge in [-0.15, -0.1) is 0 Å². The number of rotatable bonds is 4. The first-order valence-electron chi connectivity index (χ1n) is 4.97. The van der Waals surface area contributed by atoms with Crippen molar-refractivity contribution in [2.75, 3.05) is 13.6 Å². The van der Waals surface area contributed by atoms with Crippen molar-refractivity contribution in [3.05, 3.63) is 17.7 Å². The highest BCUT2D eigenvalue weighted by Crippen LogP contribution is 2.09. The number of likely N-dealkylation sites (N-methyl/N-ethyl adjacent to an activating group) is 1. The van der Waals surface area contributed by atoms with E-state index in [0.29, 0.717) is 0 Å². The van der Waals surface area contributed by atoms with Crippen LogP contribution in [0.15, 0.2) is 6.33 Å². The number of aromatic nitrogens is 2. The molecule has 3 N–H and O–H groups in total. The van der Waals surface area contributed by atoms with E-state index in [0.717, 1.165) is 6.33 Å². The number of nitrogens with one attached hydrogen (secondary N) is 1. The third-order valence-corrected chi connectivity index (χ3v) is 2.03. The average Bonchev–Trinajstić information content (AvgIpc) is 2.61. The summed E-state index contributed by atoms with van der Waals surface area (Å²) in [7, 11) is 1.47. The second-order valence-electron chi connectivity index (χ2n) is 4.40. The molecule has 0 aliphatic heterocycles. The quantitative estimate of drug-likeness (QED) is 0.685. The van der Waals surface area contributed by atoms with E-state index in [1.165, 1.54) is 11.9 Å². The Hall–Kier alpha value is -1.89. The Bertz CT molecular complexity index is 433. The summed E-state index contributed by atoms with van der Waals surface area (Å²) in [5, 5.41) is 18.4. The molecule has 0 spiro atoms. The minimum Gasteiger partial charge on any atom is -0.477 e. The van der Waals surface area contributed by atoms with Crippen molar-refractivity contribution in [3.8, 4) is 0 Å². The molecule has 0 saturated carbocycles. The summed E-state index contributed by atoms with van der Waals surface area (Å²) in [5.74, 6) is -1.80. The SMILES string of the molecule is CN(CC(C)(C)O)C(=O)c1nc[nH]c1C(=O)O.